The zero-order valence-electron chi connectivity index (χ0n) is 14.4. The van der Waals surface area contributed by atoms with Crippen LogP contribution < -0.4 is 0 Å². The highest BCUT2D eigenvalue weighted by molar-refractivity contribution is 5.95. The smallest absolute Gasteiger partial charge is 0.359 e. The molecule has 0 saturated heterocycles. The number of benzene rings is 2. The molecule has 0 aliphatic rings. The lowest BCUT2D eigenvalue weighted by Gasteiger charge is -2.03. The van der Waals surface area contributed by atoms with E-state index in [0.29, 0.717) is 17.1 Å². The van der Waals surface area contributed by atoms with Crippen LogP contribution in [0.25, 0.3) is 22.6 Å². The molecular formula is C19H17N3O4. The summed E-state index contributed by atoms with van der Waals surface area (Å²) in [6.07, 6.45) is 0. The predicted molar refractivity (Wildman–Crippen MR) is 96.8 cm³/mol. The molecule has 3 rings (SSSR count). The molecule has 0 spiro atoms. The molecule has 3 aromatic rings. The second-order valence-electron chi connectivity index (χ2n) is 5.70. The lowest BCUT2D eigenvalue weighted by atomic mass is 10.1. The van der Waals surface area contributed by atoms with E-state index in [2.05, 4.69) is 9.97 Å². The number of aromatic nitrogens is 2. The Bertz CT molecular complexity index is 944. The van der Waals surface area contributed by atoms with Crippen molar-refractivity contribution >= 4 is 11.7 Å². The minimum atomic E-state index is -0.521. The number of nitrogens with one attached hydrogen (secondary N) is 1. The van der Waals surface area contributed by atoms with E-state index in [1.165, 1.54) is 12.1 Å². The summed E-state index contributed by atoms with van der Waals surface area (Å²) in [5, 5.41) is 10.8. The van der Waals surface area contributed by atoms with Crippen molar-refractivity contribution in [1.29, 1.82) is 0 Å². The SMILES string of the molecule is CCOC(=O)c1nc(-c2ccc([N+](=O)[O-])cc2)[nH]c1-c1ccc(C)cc1. The minimum Gasteiger partial charge on any atom is -0.461 e. The molecule has 0 saturated carbocycles. The van der Waals surface area contributed by atoms with Gasteiger partial charge in [0, 0.05) is 23.3 Å². The molecule has 0 aliphatic heterocycles. The van der Waals surface area contributed by atoms with E-state index in [4.69, 9.17) is 4.74 Å². The van der Waals surface area contributed by atoms with Crippen LogP contribution >= 0.6 is 0 Å². The maximum Gasteiger partial charge on any atom is 0.359 e. The molecule has 7 heteroatoms. The zero-order valence-corrected chi connectivity index (χ0v) is 14.4. The fraction of sp³-hybridized carbons (Fsp3) is 0.158. The fourth-order valence-electron chi connectivity index (χ4n) is 2.53. The fourth-order valence-corrected chi connectivity index (χ4v) is 2.53. The number of carbonyl (C=O) groups is 1. The van der Waals surface area contributed by atoms with Gasteiger partial charge in [-0.2, -0.15) is 0 Å². The number of esters is 1. The molecule has 0 bridgehead atoms. The molecule has 0 amide bonds. The van der Waals surface area contributed by atoms with E-state index < -0.39 is 10.9 Å². The van der Waals surface area contributed by atoms with Crippen molar-refractivity contribution < 1.29 is 14.5 Å². The van der Waals surface area contributed by atoms with E-state index >= 15 is 0 Å². The van der Waals surface area contributed by atoms with Gasteiger partial charge in [0.05, 0.1) is 17.2 Å². The molecule has 132 valence electrons. The number of H-pyrrole nitrogens is 1. The van der Waals surface area contributed by atoms with Gasteiger partial charge in [-0.05, 0) is 26.0 Å². The lowest BCUT2D eigenvalue weighted by molar-refractivity contribution is -0.384. The monoisotopic (exact) mass is 351 g/mol. The lowest BCUT2D eigenvalue weighted by Crippen LogP contribution is -2.06. The Labute approximate surface area is 149 Å². The van der Waals surface area contributed by atoms with Crippen LogP contribution in [0, 0.1) is 17.0 Å². The van der Waals surface area contributed by atoms with Crippen molar-refractivity contribution in [2.45, 2.75) is 13.8 Å². The summed E-state index contributed by atoms with van der Waals surface area (Å²) in [6.45, 7) is 3.95. The summed E-state index contributed by atoms with van der Waals surface area (Å²) in [6, 6.07) is 13.6. The number of aryl methyl sites for hydroxylation is 1. The molecule has 1 aromatic heterocycles. The van der Waals surface area contributed by atoms with Crippen molar-refractivity contribution in [3.63, 3.8) is 0 Å². The number of imidazole rings is 1. The Kier molecular flexibility index (Phi) is 4.79. The Balaban J connectivity index is 2.07. The molecule has 0 radical (unpaired) electrons. The first-order valence-corrected chi connectivity index (χ1v) is 8.08. The average molecular weight is 351 g/mol. The third-order valence-corrected chi connectivity index (χ3v) is 3.86. The molecule has 2 aromatic carbocycles. The molecular weight excluding hydrogens is 334 g/mol. The van der Waals surface area contributed by atoms with Crippen LogP contribution in [0.2, 0.25) is 0 Å². The van der Waals surface area contributed by atoms with Crippen molar-refractivity contribution in [1.82, 2.24) is 9.97 Å². The van der Waals surface area contributed by atoms with E-state index in [-0.39, 0.29) is 18.0 Å². The number of nitrogens with zero attached hydrogens (tertiary/aromatic N) is 2. The summed E-state index contributed by atoms with van der Waals surface area (Å²) >= 11 is 0. The normalized spacial score (nSPS) is 10.5. The van der Waals surface area contributed by atoms with Gasteiger partial charge >= 0.3 is 5.97 Å². The summed E-state index contributed by atoms with van der Waals surface area (Å²) in [5.41, 5.74) is 3.27. The summed E-state index contributed by atoms with van der Waals surface area (Å²) in [5.74, 6) is -0.0778. The van der Waals surface area contributed by atoms with Crippen LogP contribution in [0.3, 0.4) is 0 Å². The summed E-state index contributed by atoms with van der Waals surface area (Å²) < 4.78 is 5.10. The van der Waals surface area contributed by atoms with Gasteiger partial charge in [-0.15, -0.1) is 0 Å². The molecule has 0 aliphatic carbocycles. The average Bonchev–Trinajstić information content (AvgIpc) is 3.08. The van der Waals surface area contributed by atoms with E-state index in [1.54, 1.807) is 19.1 Å². The maximum atomic E-state index is 12.3. The van der Waals surface area contributed by atoms with E-state index in [1.807, 2.05) is 31.2 Å². The van der Waals surface area contributed by atoms with E-state index in [9.17, 15) is 14.9 Å². The predicted octanol–water partition coefficient (Wildman–Crippen LogP) is 4.14. The quantitative estimate of drug-likeness (QED) is 0.423. The van der Waals surface area contributed by atoms with Crippen LogP contribution in [0.4, 0.5) is 5.69 Å². The van der Waals surface area contributed by atoms with Crippen LogP contribution in [-0.2, 0) is 4.74 Å². The second kappa shape index (κ2) is 7.18. The van der Waals surface area contributed by atoms with Gasteiger partial charge in [0.1, 0.15) is 5.82 Å². The van der Waals surface area contributed by atoms with Gasteiger partial charge in [-0.3, -0.25) is 10.1 Å². The number of nitro groups is 1. The van der Waals surface area contributed by atoms with Crippen LogP contribution in [0.5, 0.6) is 0 Å². The number of rotatable bonds is 5. The van der Waals surface area contributed by atoms with Gasteiger partial charge in [-0.25, -0.2) is 9.78 Å². The first-order valence-electron chi connectivity index (χ1n) is 8.08. The highest BCUT2D eigenvalue weighted by atomic mass is 16.6. The van der Waals surface area contributed by atoms with Gasteiger partial charge in [-0.1, -0.05) is 29.8 Å². The number of ether oxygens (including phenoxy) is 1. The van der Waals surface area contributed by atoms with Crippen molar-refractivity contribution in [3.8, 4) is 22.6 Å². The number of hydrogen-bond acceptors (Lipinski definition) is 5. The minimum absolute atomic E-state index is 0.00956. The highest BCUT2D eigenvalue weighted by Gasteiger charge is 2.21. The van der Waals surface area contributed by atoms with Gasteiger partial charge in [0.25, 0.3) is 5.69 Å². The molecule has 26 heavy (non-hydrogen) atoms. The largest absolute Gasteiger partial charge is 0.461 e. The van der Waals surface area contributed by atoms with Gasteiger partial charge in [0.2, 0.25) is 0 Å². The summed E-state index contributed by atoms with van der Waals surface area (Å²) in [7, 11) is 0. The Morgan fingerprint density at radius 3 is 2.31 bits per heavy atom. The summed E-state index contributed by atoms with van der Waals surface area (Å²) in [4.78, 5) is 30.1. The van der Waals surface area contributed by atoms with Gasteiger partial charge in [0.15, 0.2) is 5.69 Å². The van der Waals surface area contributed by atoms with Crippen LogP contribution in [0.15, 0.2) is 48.5 Å². The highest BCUT2D eigenvalue weighted by Crippen LogP contribution is 2.28. The van der Waals surface area contributed by atoms with E-state index in [0.717, 1.165) is 11.1 Å². The van der Waals surface area contributed by atoms with Crippen LogP contribution in [0.1, 0.15) is 23.0 Å². The Morgan fingerprint density at radius 1 is 1.12 bits per heavy atom. The first-order chi connectivity index (χ1) is 12.5. The van der Waals surface area contributed by atoms with Gasteiger partial charge < -0.3 is 9.72 Å². The molecule has 0 fully saturated rings. The standard InChI is InChI=1S/C19H17N3O4/c1-3-26-19(23)17-16(13-6-4-12(2)5-7-13)20-18(21-17)14-8-10-15(11-9-14)22(24)25/h4-11H,3H2,1-2H3,(H,20,21). The Morgan fingerprint density at radius 2 is 1.73 bits per heavy atom. The number of carbonyl (C=O) groups excluding carboxylic acids is 1. The molecule has 1 N–H and O–H groups in total. The molecule has 0 atom stereocenters. The molecule has 1 heterocycles. The van der Waals surface area contributed by atoms with Crippen LogP contribution in [-0.4, -0.2) is 27.5 Å². The number of aromatic amines is 1. The number of nitro benzene ring substituents is 1. The Hall–Kier alpha value is -3.48. The van der Waals surface area contributed by atoms with Crippen molar-refractivity contribution in [2.24, 2.45) is 0 Å². The first kappa shape index (κ1) is 17.3. The third kappa shape index (κ3) is 3.46. The van der Waals surface area contributed by atoms with Crippen molar-refractivity contribution in [2.75, 3.05) is 6.61 Å². The maximum absolute atomic E-state index is 12.3. The third-order valence-electron chi connectivity index (χ3n) is 3.86. The molecule has 0 unspecified atom stereocenters. The number of hydrogen-bond donors (Lipinski definition) is 1. The van der Waals surface area contributed by atoms with Crippen molar-refractivity contribution in [3.05, 3.63) is 69.9 Å². The zero-order chi connectivity index (χ0) is 18.7. The topological polar surface area (TPSA) is 98.1 Å². The second-order valence-corrected chi connectivity index (χ2v) is 5.70. The molecule has 7 nitrogen and oxygen atoms in total. The number of non-ortho nitro benzene ring substituents is 1.